The van der Waals surface area contributed by atoms with Crippen LogP contribution < -0.4 is 5.32 Å². The van der Waals surface area contributed by atoms with Crippen molar-refractivity contribution in [3.8, 4) is 0 Å². The van der Waals surface area contributed by atoms with E-state index in [1.807, 2.05) is 4.90 Å². The van der Waals surface area contributed by atoms with Crippen LogP contribution in [-0.2, 0) is 6.18 Å². The molecule has 2 rings (SSSR count). The number of Topliss-reactive ketones (excluding diaryl/α,β-unsaturated/α-hetero) is 1. The smallest absolute Gasteiger partial charge is 0.308 e. The monoisotopic (exact) mass is 395 g/mol. The molecule has 0 aliphatic carbocycles. The minimum Gasteiger partial charge on any atom is -0.308 e. The van der Waals surface area contributed by atoms with Crippen LogP contribution in [0.3, 0.4) is 0 Å². The number of ketones is 1. The number of nitro benzene ring substituents is 1. The van der Waals surface area contributed by atoms with Gasteiger partial charge in [0.05, 0.1) is 17.0 Å². The minimum absolute atomic E-state index is 0.00276. The van der Waals surface area contributed by atoms with E-state index < -0.39 is 16.7 Å². The summed E-state index contributed by atoms with van der Waals surface area (Å²) >= 11 is 0. The molecule has 0 amide bonds. The molecule has 0 fully saturated rings. The Balaban J connectivity index is 1.98. The molecule has 2 aromatic rings. The molecule has 0 saturated carbocycles. The average molecular weight is 395 g/mol. The Morgan fingerprint density at radius 1 is 1.11 bits per heavy atom. The topological polar surface area (TPSA) is 75.5 Å². The molecule has 0 spiro atoms. The lowest BCUT2D eigenvalue weighted by atomic mass is 10.0. The van der Waals surface area contributed by atoms with Gasteiger partial charge in [-0.2, -0.15) is 13.2 Å². The largest absolute Gasteiger partial charge is 0.416 e. The normalized spacial score (nSPS) is 12.8. The van der Waals surface area contributed by atoms with Gasteiger partial charge in [0.2, 0.25) is 0 Å². The van der Waals surface area contributed by atoms with Crippen LogP contribution in [0, 0.1) is 10.1 Å². The Hall–Kier alpha value is -2.78. The zero-order valence-electron chi connectivity index (χ0n) is 15.4. The van der Waals surface area contributed by atoms with Crippen molar-refractivity contribution < 1.29 is 22.9 Å². The van der Waals surface area contributed by atoms with Crippen LogP contribution in [0.4, 0.5) is 18.9 Å². The number of halogens is 3. The molecule has 0 heterocycles. The SMILES string of the molecule is CN(C)C(CNCC(=O)c1ccc([N+](=O)[O-])cc1)c1ccc(C(F)(F)F)cc1. The van der Waals surface area contributed by atoms with Crippen LogP contribution in [0.1, 0.15) is 27.5 Å². The maximum absolute atomic E-state index is 12.7. The highest BCUT2D eigenvalue weighted by atomic mass is 19.4. The molecule has 0 aliphatic heterocycles. The van der Waals surface area contributed by atoms with Crippen molar-refractivity contribution >= 4 is 11.5 Å². The first-order valence-electron chi connectivity index (χ1n) is 8.41. The third-order valence-corrected chi connectivity index (χ3v) is 4.27. The third-order valence-electron chi connectivity index (χ3n) is 4.27. The molecular formula is C19H20F3N3O3. The number of carbonyl (C=O) groups is 1. The van der Waals surface area contributed by atoms with Gasteiger partial charge < -0.3 is 10.2 Å². The van der Waals surface area contributed by atoms with E-state index in [-0.39, 0.29) is 24.1 Å². The van der Waals surface area contributed by atoms with E-state index in [0.29, 0.717) is 17.7 Å². The fourth-order valence-corrected chi connectivity index (χ4v) is 2.69. The summed E-state index contributed by atoms with van der Waals surface area (Å²) in [5.41, 5.74) is 0.219. The molecule has 0 aromatic heterocycles. The molecule has 1 unspecified atom stereocenters. The Morgan fingerprint density at radius 3 is 2.14 bits per heavy atom. The van der Waals surface area contributed by atoms with Crippen LogP contribution in [-0.4, -0.2) is 42.8 Å². The predicted molar refractivity (Wildman–Crippen MR) is 98.2 cm³/mol. The fraction of sp³-hybridized carbons (Fsp3) is 0.316. The van der Waals surface area contributed by atoms with Gasteiger partial charge in [-0.25, -0.2) is 0 Å². The number of nitrogens with one attached hydrogen (secondary N) is 1. The number of benzene rings is 2. The number of likely N-dealkylation sites (N-methyl/N-ethyl adjacent to an activating group) is 1. The summed E-state index contributed by atoms with van der Waals surface area (Å²) in [6.07, 6.45) is -4.39. The second-order valence-corrected chi connectivity index (χ2v) is 6.46. The quantitative estimate of drug-likeness (QED) is 0.419. The molecule has 2 aromatic carbocycles. The number of non-ortho nitro benzene ring substituents is 1. The molecule has 0 radical (unpaired) electrons. The molecule has 0 bridgehead atoms. The highest BCUT2D eigenvalue weighted by Gasteiger charge is 2.30. The summed E-state index contributed by atoms with van der Waals surface area (Å²) < 4.78 is 38.1. The lowest BCUT2D eigenvalue weighted by Gasteiger charge is -2.25. The van der Waals surface area contributed by atoms with E-state index in [1.165, 1.54) is 36.4 Å². The van der Waals surface area contributed by atoms with Crippen molar-refractivity contribution in [1.29, 1.82) is 0 Å². The van der Waals surface area contributed by atoms with Crippen LogP contribution in [0.25, 0.3) is 0 Å². The molecule has 150 valence electrons. The molecule has 28 heavy (non-hydrogen) atoms. The van der Waals surface area contributed by atoms with Gasteiger partial charge in [0.1, 0.15) is 0 Å². The fourth-order valence-electron chi connectivity index (χ4n) is 2.69. The number of alkyl halides is 3. The van der Waals surface area contributed by atoms with Gasteiger partial charge in [-0.15, -0.1) is 0 Å². The number of carbonyl (C=O) groups excluding carboxylic acids is 1. The molecule has 0 saturated heterocycles. The average Bonchev–Trinajstić information content (AvgIpc) is 2.64. The number of hydrogen-bond donors (Lipinski definition) is 1. The van der Waals surface area contributed by atoms with Crippen molar-refractivity contribution in [3.63, 3.8) is 0 Å². The van der Waals surface area contributed by atoms with Gasteiger partial charge in [-0.3, -0.25) is 14.9 Å². The van der Waals surface area contributed by atoms with Crippen LogP contribution in [0.2, 0.25) is 0 Å². The number of nitrogens with zero attached hydrogens (tertiary/aromatic N) is 2. The lowest BCUT2D eigenvalue weighted by Crippen LogP contribution is -2.33. The van der Waals surface area contributed by atoms with Gasteiger partial charge in [-0.05, 0) is 43.9 Å². The van der Waals surface area contributed by atoms with Crippen molar-refractivity contribution in [3.05, 3.63) is 75.3 Å². The number of hydrogen-bond acceptors (Lipinski definition) is 5. The molecule has 9 heteroatoms. The van der Waals surface area contributed by atoms with E-state index in [0.717, 1.165) is 12.1 Å². The second-order valence-electron chi connectivity index (χ2n) is 6.46. The summed E-state index contributed by atoms with van der Waals surface area (Å²) in [5.74, 6) is -0.236. The van der Waals surface area contributed by atoms with Crippen molar-refractivity contribution in [2.75, 3.05) is 27.2 Å². The van der Waals surface area contributed by atoms with Crippen LogP contribution >= 0.6 is 0 Å². The molecule has 6 nitrogen and oxygen atoms in total. The van der Waals surface area contributed by atoms with Crippen molar-refractivity contribution in [2.45, 2.75) is 12.2 Å². The van der Waals surface area contributed by atoms with E-state index >= 15 is 0 Å². The van der Waals surface area contributed by atoms with Crippen LogP contribution in [0.15, 0.2) is 48.5 Å². The van der Waals surface area contributed by atoms with Gasteiger partial charge in [0.25, 0.3) is 5.69 Å². The van der Waals surface area contributed by atoms with Crippen molar-refractivity contribution in [2.24, 2.45) is 0 Å². The summed E-state index contributed by atoms with van der Waals surface area (Å²) in [6.45, 7) is 0.347. The van der Waals surface area contributed by atoms with E-state index in [9.17, 15) is 28.1 Å². The first-order chi connectivity index (χ1) is 13.1. The summed E-state index contributed by atoms with van der Waals surface area (Å²) in [6, 6.07) is 9.99. The third kappa shape index (κ3) is 5.61. The summed E-state index contributed by atoms with van der Waals surface area (Å²) in [4.78, 5) is 24.1. The maximum atomic E-state index is 12.7. The van der Waals surface area contributed by atoms with Crippen LogP contribution in [0.5, 0.6) is 0 Å². The number of nitro groups is 1. The van der Waals surface area contributed by atoms with Crippen molar-refractivity contribution in [1.82, 2.24) is 10.2 Å². The summed E-state index contributed by atoms with van der Waals surface area (Å²) in [5, 5.41) is 13.6. The number of rotatable bonds is 8. The predicted octanol–water partition coefficient (Wildman–Crippen LogP) is 3.69. The lowest BCUT2D eigenvalue weighted by molar-refractivity contribution is -0.384. The first kappa shape index (κ1) is 21.5. The minimum atomic E-state index is -4.39. The van der Waals surface area contributed by atoms with Gasteiger partial charge in [-0.1, -0.05) is 12.1 Å². The van der Waals surface area contributed by atoms with E-state index in [2.05, 4.69) is 5.32 Å². The maximum Gasteiger partial charge on any atom is 0.416 e. The second kappa shape index (κ2) is 8.94. The Kier molecular flexibility index (Phi) is 6.87. The summed E-state index contributed by atoms with van der Waals surface area (Å²) in [7, 11) is 3.59. The Bertz CT molecular complexity index is 819. The van der Waals surface area contributed by atoms with Gasteiger partial charge >= 0.3 is 6.18 Å². The van der Waals surface area contributed by atoms with E-state index in [4.69, 9.17) is 0 Å². The molecule has 1 atom stereocenters. The molecule has 0 aliphatic rings. The highest BCUT2D eigenvalue weighted by molar-refractivity contribution is 5.97. The zero-order chi connectivity index (χ0) is 20.9. The Morgan fingerprint density at radius 2 is 1.68 bits per heavy atom. The standard InChI is InChI=1S/C19H20F3N3O3/c1-24(2)17(13-3-7-15(8-4-13)19(20,21)22)11-23-12-18(26)14-5-9-16(10-6-14)25(27)28/h3-10,17,23H,11-12H2,1-2H3. The molecule has 1 N–H and O–H groups in total. The highest BCUT2D eigenvalue weighted by Crippen LogP contribution is 2.30. The van der Waals surface area contributed by atoms with E-state index in [1.54, 1.807) is 14.1 Å². The van der Waals surface area contributed by atoms with Gasteiger partial charge in [0, 0.05) is 30.3 Å². The zero-order valence-corrected chi connectivity index (χ0v) is 15.4. The van der Waals surface area contributed by atoms with Gasteiger partial charge in [0.15, 0.2) is 5.78 Å². The molecular weight excluding hydrogens is 375 g/mol. The first-order valence-corrected chi connectivity index (χ1v) is 8.41. The Labute approximate surface area is 160 Å².